The summed E-state index contributed by atoms with van der Waals surface area (Å²) in [4.78, 5) is 25.1. The molecule has 0 atom stereocenters. The van der Waals surface area contributed by atoms with Crippen LogP contribution in [0.4, 0.5) is 5.69 Å². The summed E-state index contributed by atoms with van der Waals surface area (Å²) in [6.45, 7) is 3.13. The lowest BCUT2D eigenvalue weighted by Crippen LogP contribution is -2.24. The lowest BCUT2D eigenvalue weighted by molar-refractivity contribution is -0.117. The zero-order chi connectivity index (χ0) is 15.1. The third kappa shape index (κ3) is 4.31. The van der Waals surface area contributed by atoms with Gasteiger partial charge in [-0.15, -0.1) is 0 Å². The second-order valence-corrected chi connectivity index (χ2v) is 4.92. The van der Waals surface area contributed by atoms with Gasteiger partial charge >= 0.3 is 0 Å². The van der Waals surface area contributed by atoms with Gasteiger partial charge in [0, 0.05) is 31.3 Å². The average molecular weight is 284 g/mol. The minimum Gasteiger partial charge on any atom is -0.348 e. The summed E-state index contributed by atoms with van der Waals surface area (Å²) in [5, 5.41) is 2.82. The SMILES string of the molecule is C/C=C/C=C/C(=O)NCc1cccc(N2CCCC2=O)c1. The molecule has 0 spiro atoms. The lowest BCUT2D eigenvalue weighted by Gasteiger charge is -2.16. The van der Waals surface area contributed by atoms with Crippen molar-refractivity contribution in [2.24, 2.45) is 0 Å². The molecule has 0 radical (unpaired) electrons. The highest BCUT2D eigenvalue weighted by atomic mass is 16.2. The van der Waals surface area contributed by atoms with E-state index in [1.165, 1.54) is 6.08 Å². The summed E-state index contributed by atoms with van der Waals surface area (Å²) in [5.41, 5.74) is 1.90. The molecule has 1 N–H and O–H groups in total. The highest BCUT2D eigenvalue weighted by Crippen LogP contribution is 2.22. The van der Waals surface area contributed by atoms with Crippen LogP contribution in [0.2, 0.25) is 0 Å². The van der Waals surface area contributed by atoms with Crippen LogP contribution in [0, 0.1) is 0 Å². The molecule has 1 aliphatic heterocycles. The normalized spacial score (nSPS) is 15.3. The lowest BCUT2D eigenvalue weighted by atomic mass is 10.2. The van der Waals surface area contributed by atoms with Crippen molar-refractivity contribution in [2.75, 3.05) is 11.4 Å². The van der Waals surface area contributed by atoms with Crippen molar-refractivity contribution in [1.82, 2.24) is 5.32 Å². The van der Waals surface area contributed by atoms with Crippen molar-refractivity contribution in [2.45, 2.75) is 26.3 Å². The van der Waals surface area contributed by atoms with Gasteiger partial charge in [0.2, 0.25) is 11.8 Å². The van der Waals surface area contributed by atoms with E-state index in [1.807, 2.05) is 37.3 Å². The number of nitrogens with one attached hydrogen (secondary N) is 1. The van der Waals surface area contributed by atoms with Crippen molar-refractivity contribution in [3.05, 3.63) is 54.1 Å². The number of hydrogen-bond donors (Lipinski definition) is 1. The molecule has 1 heterocycles. The maximum absolute atomic E-state index is 11.7. The minimum absolute atomic E-state index is 0.129. The van der Waals surface area contributed by atoms with Crippen LogP contribution in [0.1, 0.15) is 25.3 Å². The molecule has 1 aliphatic rings. The molecule has 110 valence electrons. The van der Waals surface area contributed by atoms with E-state index in [0.717, 1.165) is 24.2 Å². The molecule has 1 aromatic rings. The van der Waals surface area contributed by atoms with Crippen LogP contribution >= 0.6 is 0 Å². The van der Waals surface area contributed by atoms with Gasteiger partial charge in [-0.05, 0) is 31.0 Å². The van der Waals surface area contributed by atoms with Crippen LogP contribution < -0.4 is 10.2 Å². The van der Waals surface area contributed by atoms with Gasteiger partial charge in [0.05, 0.1) is 0 Å². The van der Waals surface area contributed by atoms with Gasteiger partial charge in [0.25, 0.3) is 0 Å². The van der Waals surface area contributed by atoms with Gasteiger partial charge in [-0.25, -0.2) is 0 Å². The van der Waals surface area contributed by atoms with Crippen LogP contribution in [0.3, 0.4) is 0 Å². The Morgan fingerprint density at radius 3 is 2.95 bits per heavy atom. The number of hydrogen-bond acceptors (Lipinski definition) is 2. The second kappa shape index (κ2) is 7.43. The zero-order valence-electron chi connectivity index (χ0n) is 12.2. The Kier molecular flexibility index (Phi) is 5.32. The Bertz CT molecular complexity index is 576. The van der Waals surface area contributed by atoms with E-state index in [0.29, 0.717) is 13.0 Å². The Morgan fingerprint density at radius 1 is 1.38 bits per heavy atom. The molecule has 0 aromatic heterocycles. The Hall–Kier alpha value is -2.36. The molecule has 21 heavy (non-hydrogen) atoms. The molecule has 1 saturated heterocycles. The molecule has 2 amide bonds. The predicted octanol–water partition coefficient (Wildman–Crippen LogP) is 2.56. The number of allylic oxidation sites excluding steroid dienone is 3. The van der Waals surface area contributed by atoms with Crippen LogP contribution in [0.5, 0.6) is 0 Å². The quantitative estimate of drug-likeness (QED) is 0.667. The number of rotatable bonds is 5. The maximum Gasteiger partial charge on any atom is 0.244 e. The zero-order valence-corrected chi connectivity index (χ0v) is 12.2. The molecule has 0 saturated carbocycles. The van der Waals surface area contributed by atoms with Crippen molar-refractivity contribution < 1.29 is 9.59 Å². The van der Waals surface area contributed by atoms with Gasteiger partial charge < -0.3 is 10.2 Å². The number of amides is 2. The fourth-order valence-corrected chi connectivity index (χ4v) is 2.26. The molecule has 1 fully saturated rings. The van der Waals surface area contributed by atoms with E-state index >= 15 is 0 Å². The highest BCUT2D eigenvalue weighted by Gasteiger charge is 2.21. The van der Waals surface area contributed by atoms with Gasteiger partial charge in [0.1, 0.15) is 0 Å². The summed E-state index contributed by atoms with van der Waals surface area (Å²) in [6.07, 6.45) is 8.40. The molecule has 0 aliphatic carbocycles. The monoisotopic (exact) mass is 284 g/mol. The Labute approximate surface area is 125 Å². The fourth-order valence-electron chi connectivity index (χ4n) is 2.26. The van der Waals surface area contributed by atoms with Gasteiger partial charge in [0.15, 0.2) is 0 Å². The minimum atomic E-state index is -0.129. The molecule has 0 bridgehead atoms. The van der Waals surface area contributed by atoms with E-state index in [4.69, 9.17) is 0 Å². The number of anilines is 1. The van der Waals surface area contributed by atoms with E-state index in [2.05, 4.69) is 5.32 Å². The summed E-state index contributed by atoms with van der Waals surface area (Å²) in [5.74, 6) is 0.0428. The van der Waals surface area contributed by atoms with Crippen molar-refractivity contribution in [1.29, 1.82) is 0 Å². The molecule has 1 aromatic carbocycles. The standard InChI is InChI=1S/C17H20N2O2/c1-2-3-4-9-16(20)18-13-14-7-5-8-15(12-14)19-11-6-10-17(19)21/h2-5,7-9,12H,6,10-11,13H2,1H3,(H,18,20)/b3-2+,9-4+. The molecule has 4 nitrogen and oxygen atoms in total. The maximum atomic E-state index is 11.7. The third-order valence-corrected chi connectivity index (χ3v) is 3.31. The summed E-state index contributed by atoms with van der Waals surface area (Å²) >= 11 is 0. The number of benzene rings is 1. The van der Waals surface area contributed by atoms with Gasteiger partial charge in [-0.2, -0.15) is 0 Å². The average Bonchev–Trinajstić information content (AvgIpc) is 2.92. The first-order chi connectivity index (χ1) is 10.2. The summed E-state index contributed by atoms with van der Waals surface area (Å²) in [6, 6.07) is 7.75. The number of nitrogens with zero attached hydrogens (tertiary/aromatic N) is 1. The van der Waals surface area contributed by atoms with Crippen molar-refractivity contribution in [3.63, 3.8) is 0 Å². The Morgan fingerprint density at radius 2 is 2.24 bits per heavy atom. The number of carbonyl (C=O) groups excluding carboxylic acids is 2. The fraction of sp³-hybridized carbons (Fsp3) is 0.294. The number of carbonyl (C=O) groups is 2. The van der Waals surface area contributed by atoms with E-state index in [1.54, 1.807) is 17.1 Å². The molecular weight excluding hydrogens is 264 g/mol. The third-order valence-electron chi connectivity index (χ3n) is 3.31. The first kappa shape index (κ1) is 15.0. The molecule has 0 unspecified atom stereocenters. The first-order valence-electron chi connectivity index (χ1n) is 7.17. The smallest absolute Gasteiger partial charge is 0.244 e. The topological polar surface area (TPSA) is 49.4 Å². The van der Waals surface area contributed by atoms with Crippen molar-refractivity contribution in [3.8, 4) is 0 Å². The summed E-state index contributed by atoms with van der Waals surface area (Å²) in [7, 11) is 0. The summed E-state index contributed by atoms with van der Waals surface area (Å²) < 4.78 is 0. The van der Waals surface area contributed by atoms with Gasteiger partial charge in [-0.3, -0.25) is 9.59 Å². The van der Waals surface area contributed by atoms with Crippen LogP contribution in [0.15, 0.2) is 48.6 Å². The van der Waals surface area contributed by atoms with E-state index in [-0.39, 0.29) is 11.8 Å². The predicted molar refractivity (Wildman–Crippen MR) is 83.8 cm³/mol. The molecule has 4 heteroatoms. The van der Waals surface area contributed by atoms with Crippen LogP contribution in [-0.4, -0.2) is 18.4 Å². The second-order valence-electron chi connectivity index (χ2n) is 4.92. The largest absolute Gasteiger partial charge is 0.348 e. The molecular formula is C17H20N2O2. The van der Waals surface area contributed by atoms with Gasteiger partial charge in [-0.1, -0.05) is 30.4 Å². The van der Waals surface area contributed by atoms with Crippen LogP contribution in [0.25, 0.3) is 0 Å². The Balaban J connectivity index is 1.95. The van der Waals surface area contributed by atoms with Crippen molar-refractivity contribution >= 4 is 17.5 Å². The first-order valence-corrected chi connectivity index (χ1v) is 7.17. The van der Waals surface area contributed by atoms with E-state index < -0.39 is 0 Å². The van der Waals surface area contributed by atoms with E-state index in [9.17, 15) is 9.59 Å². The highest BCUT2D eigenvalue weighted by molar-refractivity contribution is 5.95. The van der Waals surface area contributed by atoms with Crippen LogP contribution in [-0.2, 0) is 16.1 Å². The molecule has 2 rings (SSSR count).